The van der Waals surface area contributed by atoms with Gasteiger partial charge in [0, 0.05) is 12.4 Å². The van der Waals surface area contributed by atoms with Crippen LogP contribution in [-0.2, 0) is 6.42 Å². The van der Waals surface area contributed by atoms with E-state index < -0.39 is 0 Å². The third-order valence-corrected chi connectivity index (χ3v) is 5.72. The van der Waals surface area contributed by atoms with E-state index in [0.717, 1.165) is 0 Å². The summed E-state index contributed by atoms with van der Waals surface area (Å²) in [5.41, 5.74) is 8.61. The van der Waals surface area contributed by atoms with Crippen LogP contribution in [0, 0.1) is 0 Å². The molecule has 4 aromatic rings. The number of hydrogen-bond acceptors (Lipinski definition) is 3. The minimum atomic E-state index is 1.17. The zero-order valence-electron chi connectivity index (χ0n) is 16.2. The molecule has 0 spiro atoms. The Morgan fingerprint density at radius 3 is 2.52 bits per heavy atom. The summed E-state index contributed by atoms with van der Waals surface area (Å²) in [6, 6.07) is 15.6. The van der Waals surface area contributed by atoms with E-state index in [9.17, 15) is 0 Å². The summed E-state index contributed by atoms with van der Waals surface area (Å²) < 4.78 is 0. The standard InChI is InChI=1S/C23H19N.C2H3N3/c1-2-4-20-17(3-1)7-10-22-21(20)9-8-18-5-6-19(15-23(18)22)16-11-13-24-14-12-16;1-3-2-5-4-1/h2,4-6,8-9,11-15H,1,3,7,10H2;1-2H,(H,3,4,5). The van der Waals surface area contributed by atoms with Crippen LogP contribution in [0.3, 0.4) is 0 Å². The van der Waals surface area contributed by atoms with Gasteiger partial charge in [-0.05, 0) is 82.5 Å². The molecule has 0 fully saturated rings. The Labute approximate surface area is 170 Å². The molecule has 1 N–H and O–H groups in total. The smallest absolute Gasteiger partial charge is 0.137 e. The molecule has 0 aliphatic heterocycles. The molecule has 2 aromatic carbocycles. The second kappa shape index (κ2) is 7.84. The SMILES string of the molecule is C1=CC2=C(CC1)CCc1c2ccc2ccc(-c3ccncc3)cc12.c1nc[nH]n1. The first-order valence-electron chi connectivity index (χ1n) is 10.0. The van der Waals surface area contributed by atoms with Crippen molar-refractivity contribution in [2.75, 3.05) is 0 Å². The summed E-state index contributed by atoms with van der Waals surface area (Å²) in [5.74, 6) is 0. The molecule has 0 amide bonds. The molecule has 2 aliphatic carbocycles. The Morgan fingerprint density at radius 2 is 1.72 bits per heavy atom. The van der Waals surface area contributed by atoms with Gasteiger partial charge in [0.05, 0.1) is 0 Å². The lowest BCUT2D eigenvalue weighted by atomic mass is 9.79. The second-order valence-electron chi connectivity index (χ2n) is 7.37. The largest absolute Gasteiger partial charge is 0.266 e. The highest BCUT2D eigenvalue weighted by Gasteiger charge is 2.20. The first kappa shape index (κ1) is 17.6. The van der Waals surface area contributed by atoms with Gasteiger partial charge in [-0.1, -0.05) is 42.0 Å². The van der Waals surface area contributed by atoms with Crippen molar-refractivity contribution in [3.8, 4) is 11.1 Å². The van der Waals surface area contributed by atoms with Gasteiger partial charge >= 0.3 is 0 Å². The molecule has 29 heavy (non-hydrogen) atoms. The van der Waals surface area contributed by atoms with Crippen molar-refractivity contribution in [2.45, 2.75) is 25.7 Å². The maximum Gasteiger partial charge on any atom is 0.137 e. The number of hydrogen-bond donors (Lipinski definition) is 1. The number of pyridine rings is 1. The lowest BCUT2D eigenvalue weighted by Gasteiger charge is -2.25. The van der Waals surface area contributed by atoms with Crippen LogP contribution >= 0.6 is 0 Å². The van der Waals surface area contributed by atoms with Crippen LogP contribution in [0.4, 0.5) is 0 Å². The Morgan fingerprint density at radius 1 is 0.828 bits per heavy atom. The van der Waals surface area contributed by atoms with Crippen molar-refractivity contribution in [2.24, 2.45) is 0 Å². The maximum absolute atomic E-state index is 4.13. The number of H-pyrrole nitrogens is 1. The third-order valence-electron chi connectivity index (χ3n) is 5.72. The molecule has 0 bridgehead atoms. The van der Waals surface area contributed by atoms with Gasteiger partial charge in [-0.15, -0.1) is 0 Å². The monoisotopic (exact) mass is 378 g/mol. The molecule has 2 heterocycles. The van der Waals surface area contributed by atoms with E-state index in [0.29, 0.717) is 0 Å². The number of nitrogens with one attached hydrogen (secondary N) is 1. The molecule has 6 rings (SSSR count). The Balaban J connectivity index is 0.000000319. The quantitative estimate of drug-likeness (QED) is 0.458. The normalized spacial score (nSPS) is 14.8. The molecule has 2 aromatic heterocycles. The van der Waals surface area contributed by atoms with E-state index in [4.69, 9.17) is 0 Å². The van der Waals surface area contributed by atoms with Crippen LogP contribution in [0.15, 0.2) is 85.2 Å². The topological polar surface area (TPSA) is 54.5 Å². The van der Waals surface area contributed by atoms with Crippen molar-refractivity contribution in [3.05, 3.63) is 96.4 Å². The van der Waals surface area contributed by atoms with Crippen molar-refractivity contribution in [1.82, 2.24) is 20.2 Å². The zero-order chi connectivity index (χ0) is 19.5. The molecule has 0 saturated carbocycles. The summed E-state index contributed by atoms with van der Waals surface area (Å²) in [4.78, 5) is 7.69. The van der Waals surface area contributed by atoms with Crippen LogP contribution in [0.25, 0.3) is 27.5 Å². The van der Waals surface area contributed by atoms with Crippen molar-refractivity contribution >= 4 is 16.3 Å². The van der Waals surface area contributed by atoms with Gasteiger partial charge in [-0.3, -0.25) is 10.1 Å². The fourth-order valence-corrected chi connectivity index (χ4v) is 4.32. The van der Waals surface area contributed by atoms with Gasteiger partial charge < -0.3 is 0 Å². The summed E-state index contributed by atoms with van der Waals surface area (Å²) >= 11 is 0. The van der Waals surface area contributed by atoms with E-state index in [2.05, 4.69) is 74.8 Å². The van der Waals surface area contributed by atoms with Crippen LogP contribution in [0.5, 0.6) is 0 Å². The predicted octanol–water partition coefficient (Wildman–Crippen LogP) is 5.76. The molecule has 4 nitrogen and oxygen atoms in total. The van der Waals surface area contributed by atoms with Gasteiger partial charge in [0.2, 0.25) is 0 Å². The number of rotatable bonds is 1. The number of aromatic nitrogens is 4. The van der Waals surface area contributed by atoms with Gasteiger partial charge in [0.25, 0.3) is 0 Å². The molecule has 0 atom stereocenters. The molecule has 142 valence electrons. The lowest BCUT2D eigenvalue weighted by Crippen LogP contribution is -2.07. The number of aromatic amines is 1. The van der Waals surface area contributed by atoms with Crippen LogP contribution < -0.4 is 0 Å². The Bertz CT molecular complexity index is 1170. The molecule has 0 saturated heterocycles. The van der Waals surface area contributed by atoms with E-state index in [1.165, 1.54) is 76.9 Å². The van der Waals surface area contributed by atoms with Crippen molar-refractivity contribution in [1.29, 1.82) is 0 Å². The number of benzene rings is 2. The van der Waals surface area contributed by atoms with Gasteiger partial charge in [0.15, 0.2) is 0 Å². The average molecular weight is 378 g/mol. The molecular weight excluding hydrogens is 356 g/mol. The lowest BCUT2D eigenvalue weighted by molar-refractivity contribution is 0.831. The van der Waals surface area contributed by atoms with E-state index >= 15 is 0 Å². The number of allylic oxidation sites excluding steroid dienone is 4. The number of aryl methyl sites for hydroxylation is 1. The third kappa shape index (κ3) is 3.49. The first-order valence-corrected chi connectivity index (χ1v) is 10.0. The maximum atomic E-state index is 4.13. The van der Waals surface area contributed by atoms with E-state index in [1.54, 1.807) is 5.57 Å². The minimum absolute atomic E-state index is 1.17. The Hall–Kier alpha value is -3.53. The Kier molecular flexibility index (Phi) is 4.75. The summed E-state index contributed by atoms with van der Waals surface area (Å²) in [6.07, 6.45) is 16.2. The summed E-state index contributed by atoms with van der Waals surface area (Å²) in [6.45, 7) is 0. The van der Waals surface area contributed by atoms with Gasteiger partial charge in [-0.25, -0.2) is 4.98 Å². The van der Waals surface area contributed by atoms with E-state index in [1.807, 2.05) is 12.4 Å². The predicted molar refractivity (Wildman–Crippen MR) is 117 cm³/mol. The molecule has 0 unspecified atom stereocenters. The minimum Gasteiger partial charge on any atom is -0.266 e. The molecule has 2 aliphatic rings. The van der Waals surface area contributed by atoms with E-state index in [-0.39, 0.29) is 0 Å². The number of nitrogens with zero attached hydrogens (tertiary/aromatic N) is 3. The van der Waals surface area contributed by atoms with Crippen molar-refractivity contribution in [3.63, 3.8) is 0 Å². The van der Waals surface area contributed by atoms with Gasteiger partial charge in [0.1, 0.15) is 12.7 Å². The molecular formula is C25H22N4. The van der Waals surface area contributed by atoms with Crippen molar-refractivity contribution < 1.29 is 0 Å². The molecule has 0 radical (unpaired) electrons. The molecule has 4 heteroatoms. The highest BCUT2D eigenvalue weighted by Crippen LogP contribution is 2.40. The fourth-order valence-electron chi connectivity index (χ4n) is 4.32. The zero-order valence-corrected chi connectivity index (χ0v) is 16.2. The summed E-state index contributed by atoms with van der Waals surface area (Å²) in [7, 11) is 0. The van der Waals surface area contributed by atoms with Crippen LogP contribution in [0.1, 0.15) is 30.4 Å². The van der Waals surface area contributed by atoms with Crippen LogP contribution in [0.2, 0.25) is 0 Å². The van der Waals surface area contributed by atoms with Gasteiger partial charge in [-0.2, -0.15) is 5.10 Å². The highest BCUT2D eigenvalue weighted by molar-refractivity contribution is 5.96. The fraction of sp³-hybridized carbons (Fsp3) is 0.160. The van der Waals surface area contributed by atoms with Crippen LogP contribution in [-0.4, -0.2) is 20.2 Å². The first-order chi connectivity index (χ1) is 14.4. The summed E-state index contributed by atoms with van der Waals surface area (Å²) in [5, 5.41) is 8.74. The highest BCUT2D eigenvalue weighted by atomic mass is 15.2. The second-order valence-corrected chi connectivity index (χ2v) is 7.37. The number of fused-ring (bicyclic) bond motifs is 4. The average Bonchev–Trinajstić information content (AvgIpc) is 3.39.